The fourth-order valence-electron chi connectivity index (χ4n) is 2.08. The third-order valence-electron chi connectivity index (χ3n) is 3.26. The average Bonchev–Trinajstić information content (AvgIpc) is 3.09. The van der Waals surface area contributed by atoms with Crippen molar-refractivity contribution in [3.05, 3.63) is 18.0 Å². The highest BCUT2D eigenvalue weighted by Crippen LogP contribution is 2.21. The van der Waals surface area contributed by atoms with E-state index in [1.165, 1.54) is 16.6 Å². The maximum atomic E-state index is 12.3. The average molecular weight is 301 g/mol. The van der Waals surface area contributed by atoms with E-state index in [9.17, 15) is 13.2 Å². The number of nitrogens with zero attached hydrogens (tertiary/aromatic N) is 1. The van der Waals surface area contributed by atoms with Gasteiger partial charge in [-0.1, -0.05) is 0 Å². The first-order valence-electron chi connectivity index (χ1n) is 6.55. The molecule has 0 aromatic carbocycles. The van der Waals surface area contributed by atoms with Crippen LogP contribution in [-0.2, 0) is 10.0 Å². The van der Waals surface area contributed by atoms with Crippen LogP contribution in [0, 0.1) is 0 Å². The van der Waals surface area contributed by atoms with Gasteiger partial charge in [0.25, 0.3) is 5.91 Å². The summed E-state index contributed by atoms with van der Waals surface area (Å²) in [6, 6.07) is 0.942. The van der Waals surface area contributed by atoms with Crippen LogP contribution in [0.25, 0.3) is 0 Å². The molecule has 0 aliphatic carbocycles. The molecule has 1 atom stereocenters. The molecule has 0 saturated carbocycles. The summed E-state index contributed by atoms with van der Waals surface area (Å²) in [6.45, 7) is 2.53. The summed E-state index contributed by atoms with van der Waals surface area (Å²) in [5, 5.41) is 11.4. The van der Waals surface area contributed by atoms with Gasteiger partial charge in [-0.15, -0.1) is 0 Å². The Hall–Kier alpha value is -1.38. The molecule has 1 aromatic rings. The van der Waals surface area contributed by atoms with Crippen molar-refractivity contribution in [1.82, 2.24) is 14.6 Å². The van der Waals surface area contributed by atoms with Crippen LogP contribution in [0.2, 0.25) is 0 Å². The van der Waals surface area contributed by atoms with E-state index >= 15 is 0 Å². The molecule has 7 nitrogen and oxygen atoms in total. The zero-order valence-corrected chi connectivity index (χ0v) is 12.1. The SMILES string of the molecule is C[C@@H](CO)NC(=O)c1cc(S(=O)(=O)N2CCCC2)c[nH]1. The van der Waals surface area contributed by atoms with Crippen LogP contribution in [0.1, 0.15) is 30.3 Å². The summed E-state index contributed by atoms with van der Waals surface area (Å²) in [4.78, 5) is 14.6. The second-order valence-corrected chi connectivity index (χ2v) is 6.86. The minimum absolute atomic E-state index is 0.0983. The van der Waals surface area contributed by atoms with Gasteiger partial charge in [0, 0.05) is 25.3 Å². The Balaban J connectivity index is 2.14. The van der Waals surface area contributed by atoms with Crippen molar-refractivity contribution in [2.24, 2.45) is 0 Å². The lowest BCUT2D eigenvalue weighted by atomic mass is 10.3. The highest BCUT2D eigenvalue weighted by Gasteiger charge is 2.28. The largest absolute Gasteiger partial charge is 0.394 e. The molecule has 3 N–H and O–H groups in total. The number of amides is 1. The molecule has 1 saturated heterocycles. The number of carbonyl (C=O) groups is 1. The zero-order valence-electron chi connectivity index (χ0n) is 11.3. The van der Waals surface area contributed by atoms with Gasteiger partial charge in [-0.3, -0.25) is 4.79 Å². The summed E-state index contributed by atoms with van der Waals surface area (Å²) in [5.41, 5.74) is 0.170. The van der Waals surface area contributed by atoms with Gasteiger partial charge >= 0.3 is 0 Å². The maximum Gasteiger partial charge on any atom is 0.268 e. The van der Waals surface area contributed by atoms with Gasteiger partial charge in [-0.05, 0) is 25.8 Å². The van der Waals surface area contributed by atoms with Crippen molar-refractivity contribution in [2.45, 2.75) is 30.7 Å². The maximum absolute atomic E-state index is 12.3. The zero-order chi connectivity index (χ0) is 14.8. The number of aromatic amines is 1. The smallest absolute Gasteiger partial charge is 0.268 e. The first-order chi connectivity index (χ1) is 9.45. The second kappa shape index (κ2) is 5.94. The van der Waals surface area contributed by atoms with Crippen molar-refractivity contribution in [2.75, 3.05) is 19.7 Å². The number of H-pyrrole nitrogens is 1. The molecule has 0 bridgehead atoms. The molecule has 0 spiro atoms. The van der Waals surface area contributed by atoms with Crippen LogP contribution in [-0.4, -0.2) is 54.5 Å². The number of nitrogens with one attached hydrogen (secondary N) is 2. The number of carbonyl (C=O) groups excluding carboxylic acids is 1. The van der Waals surface area contributed by atoms with Crippen molar-refractivity contribution in [1.29, 1.82) is 0 Å². The van der Waals surface area contributed by atoms with Crippen LogP contribution < -0.4 is 5.32 Å². The predicted octanol–water partition coefficient (Wildman–Crippen LogP) is -0.0902. The minimum atomic E-state index is -3.51. The number of aliphatic hydroxyl groups excluding tert-OH is 1. The number of rotatable bonds is 5. The van der Waals surface area contributed by atoms with Crippen molar-refractivity contribution in [3.8, 4) is 0 Å². The van der Waals surface area contributed by atoms with E-state index < -0.39 is 15.9 Å². The molecular formula is C12H19N3O4S. The summed E-state index contributed by atoms with van der Waals surface area (Å²) in [5.74, 6) is -0.436. The number of aromatic nitrogens is 1. The van der Waals surface area contributed by atoms with Gasteiger partial charge < -0.3 is 15.4 Å². The van der Waals surface area contributed by atoms with Gasteiger partial charge in [0.1, 0.15) is 10.6 Å². The van der Waals surface area contributed by atoms with E-state index in [1.54, 1.807) is 6.92 Å². The summed E-state index contributed by atoms with van der Waals surface area (Å²) in [6.07, 6.45) is 3.06. The highest BCUT2D eigenvalue weighted by molar-refractivity contribution is 7.89. The Morgan fingerprint density at radius 1 is 1.50 bits per heavy atom. The highest BCUT2D eigenvalue weighted by atomic mass is 32.2. The van der Waals surface area contributed by atoms with Crippen molar-refractivity contribution < 1.29 is 18.3 Å². The molecule has 1 aromatic heterocycles. The van der Waals surface area contributed by atoms with E-state index in [0.29, 0.717) is 13.1 Å². The fourth-order valence-corrected chi connectivity index (χ4v) is 3.59. The summed E-state index contributed by atoms with van der Waals surface area (Å²) < 4.78 is 26.0. The Kier molecular flexibility index (Phi) is 4.46. The Morgan fingerprint density at radius 3 is 2.75 bits per heavy atom. The monoisotopic (exact) mass is 301 g/mol. The molecule has 2 heterocycles. The summed E-state index contributed by atoms with van der Waals surface area (Å²) >= 11 is 0. The quantitative estimate of drug-likeness (QED) is 0.707. The molecule has 0 radical (unpaired) electrons. The third-order valence-corrected chi connectivity index (χ3v) is 5.13. The Bertz CT molecular complexity index is 575. The van der Waals surface area contributed by atoms with E-state index in [1.807, 2.05) is 0 Å². The lowest BCUT2D eigenvalue weighted by Crippen LogP contribution is -2.35. The van der Waals surface area contributed by atoms with Gasteiger partial charge in [-0.2, -0.15) is 4.31 Å². The van der Waals surface area contributed by atoms with E-state index in [2.05, 4.69) is 10.3 Å². The first-order valence-corrected chi connectivity index (χ1v) is 7.99. The summed E-state index contributed by atoms with van der Waals surface area (Å²) in [7, 11) is -3.51. The molecule has 112 valence electrons. The molecule has 1 amide bonds. The van der Waals surface area contributed by atoms with Crippen LogP contribution in [0.15, 0.2) is 17.2 Å². The number of hydrogen-bond acceptors (Lipinski definition) is 4. The molecule has 20 heavy (non-hydrogen) atoms. The van der Waals surface area contributed by atoms with E-state index in [-0.39, 0.29) is 23.2 Å². The van der Waals surface area contributed by atoms with Gasteiger partial charge in [-0.25, -0.2) is 8.42 Å². The van der Waals surface area contributed by atoms with Crippen LogP contribution in [0.3, 0.4) is 0 Å². The van der Waals surface area contributed by atoms with Gasteiger partial charge in [0.05, 0.1) is 6.61 Å². The molecule has 1 fully saturated rings. The molecule has 2 rings (SSSR count). The number of hydrogen-bond donors (Lipinski definition) is 3. The topological polar surface area (TPSA) is 102 Å². The Labute approximate surface area is 118 Å². The lowest BCUT2D eigenvalue weighted by Gasteiger charge is -2.13. The normalized spacial score (nSPS) is 18.1. The van der Waals surface area contributed by atoms with Crippen molar-refractivity contribution >= 4 is 15.9 Å². The molecular weight excluding hydrogens is 282 g/mol. The predicted molar refractivity (Wildman–Crippen MR) is 72.8 cm³/mol. The molecule has 8 heteroatoms. The molecule has 1 aliphatic rings. The number of sulfonamides is 1. The second-order valence-electron chi connectivity index (χ2n) is 4.92. The Morgan fingerprint density at radius 2 is 2.15 bits per heavy atom. The minimum Gasteiger partial charge on any atom is -0.394 e. The molecule has 0 unspecified atom stereocenters. The van der Waals surface area contributed by atoms with E-state index in [0.717, 1.165) is 12.8 Å². The van der Waals surface area contributed by atoms with E-state index in [4.69, 9.17) is 5.11 Å². The van der Waals surface area contributed by atoms with Gasteiger partial charge in [0.2, 0.25) is 10.0 Å². The third kappa shape index (κ3) is 3.02. The van der Waals surface area contributed by atoms with Crippen LogP contribution in [0.5, 0.6) is 0 Å². The van der Waals surface area contributed by atoms with Gasteiger partial charge in [0.15, 0.2) is 0 Å². The standard InChI is InChI=1S/C12H19N3O4S/c1-9(8-16)14-12(17)11-6-10(7-13-11)20(18,19)15-4-2-3-5-15/h6-7,9,13,16H,2-5,8H2,1H3,(H,14,17)/t9-/m0/s1. The van der Waals surface area contributed by atoms with Crippen molar-refractivity contribution in [3.63, 3.8) is 0 Å². The number of aliphatic hydroxyl groups is 1. The fraction of sp³-hybridized carbons (Fsp3) is 0.583. The van der Waals surface area contributed by atoms with Crippen LogP contribution in [0.4, 0.5) is 0 Å². The lowest BCUT2D eigenvalue weighted by molar-refractivity contribution is 0.0918. The van der Waals surface area contributed by atoms with Crippen LogP contribution >= 0.6 is 0 Å². The first kappa shape index (κ1) is 15.0. The molecule has 1 aliphatic heterocycles.